The highest BCUT2D eigenvalue weighted by atomic mass is 19.1. The molecule has 0 aliphatic carbocycles. The van der Waals surface area contributed by atoms with Crippen LogP contribution < -0.4 is 16.4 Å². The topological polar surface area (TPSA) is 106 Å². The molecule has 3 rings (SSSR count). The molecule has 2 atom stereocenters. The number of anilines is 1. The van der Waals surface area contributed by atoms with E-state index in [2.05, 4.69) is 34.7 Å². The van der Waals surface area contributed by atoms with E-state index in [0.717, 1.165) is 18.1 Å². The third kappa shape index (κ3) is 9.99. The number of aryl methyl sites for hydroxylation is 1. The summed E-state index contributed by atoms with van der Waals surface area (Å²) in [5.41, 5.74) is 9.60. The summed E-state index contributed by atoms with van der Waals surface area (Å²) in [6, 6.07) is 14.1. The first-order valence-electron chi connectivity index (χ1n) is 12.7. The number of carbonyl (C=O) groups is 2. The summed E-state index contributed by atoms with van der Waals surface area (Å²) in [7, 11) is 0. The summed E-state index contributed by atoms with van der Waals surface area (Å²) in [6.45, 7) is 2.87. The normalized spacial score (nSPS) is 12.5. The number of pyridine rings is 1. The number of hydrogen-bond acceptors (Lipinski definition) is 6. The second-order valence-corrected chi connectivity index (χ2v) is 9.12. The van der Waals surface area contributed by atoms with Gasteiger partial charge in [-0.3, -0.25) is 14.6 Å². The van der Waals surface area contributed by atoms with Gasteiger partial charge in [-0.05, 0) is 60.2 Å². The largest absolute Gasteiger partial charge is 0.459 e. The molecule has 0 saturated carbocycles. The molecule has 0 saturated heterocycles. The lowest BCUT2D eigenvalue weighted by atomic mass is 10.0. The van der Waals surface area contributed by atoms with E-state index >= 15 is 0 Å². The molecule has 7 nitrogen and oxygen atoms in total. The van der Waals surface area contributed by atoms with Crippen LogP contribution in [0.3, 0.4) is 0 Å². The fourth-order valence-electron chi connectivity index (χ4n) is 4.01. The van der Waals surface area contributed by atoms with Gasteiger partial charge in [0.25, 0.3) is 0 Å². The van der Waals surface area contributed by atoms with E-state index in [4.69, 9.17) is 10.5 Å². The Morgan fingerprint density at radius 3 is 2.47 bits per heavy atom. The van der Waals surface area contributed by atoms with Gasteiger partial charge < -0.3 is 21.1 Å². The molecule has 0 unspecified atom stereocenters. The Hall–Kier alpha value is -3.69. The van der Waals surface area contributed by atoms with Gasteiger partial charge in [-0.25, -0.2) is 8.78 Å². The van der Waals surface area contributed by atoms with E-state index in [1.54, 1.807) is 18.3 Å². The molecule has 3 aromatic rings. The summed E-state index contributed by atoms with van der Waals surface area (Å²) >= 11 is 0. The molecule has 202 valence electrons. The van der Waals surface area contributed by atoms with E-state index in [0.29, 0.717) is 24.2 Å². The van der Waals surface area contributed by atoms with Crippen LogP contribution in [0.1, 0.15) is 42.9 Å². The van der Waals surface area contributed by atoms with E-state index < -0.39 is 29.7 Å². The predicted octanol–water partition coefficient (Wildman–Crippen LogP) is 4.30. The smallest absolute Gasteiger partial charge is 0.306 e. The first-order chi connectivity index (χ1) is 18.3. The quantitative estimate of drug-likeness (QED) is 0.272. The van der Waals surface area contributed by atoms with Crippen molar-refractivity contribution in [2.24, 2.45) is 5.73 Å². The van der Waals surface area contributed by atoms with E-state index in [1.165, 1.54) is 23.9 Å². The number of rotatable bonds is 14. The first kappa shape index (κ1) is 28.9. The molecular weight excluding hydrogens is 490 g/mol. The fourth-order valence-corrected chi connectivity index (χ4v) is 4.01. The zero-order chi connectivity index (χ0) is 27.3. The van der Waals surface area contributed by atoms with Crippen molar-refractivity contribution in [2.45, 2.75) is 57.7 Å². The van der Waals surface area contributed by atoms with Gasteiger partial charge in [0.2, 0.25) is 5.91 Å². The monoisotopic (exact) mass is 524 g/mol. The number of nitrogens with one attached hydrogen (secondary N) is 2. The van der Waals surface area contributed by atoms with E-state index in [-0.39, 0.29) is 31.7 Å². The van der Waals surface area contributed by atoms with Gasteiger partial charge >= 0.3 is 5.97 Å². The Balaban J connectivity index is 1.55. The summed E-state index contributed by atoms with van der Waals surface area (Å²) < 4.78 is 33.0. The first-order valence-corrected chi connectivity index (χ1v) is 12.7. The van der Waals surface area contributed by atoms with Crippen LogP contribution in [0.15, 0.2) is 67.0 Å². The fraction of sp³-hybridized carbons (Fsp3) is 0.345. The number of amides is 1. The molecule has 0 bridgehead atoms. The van der Waals surface area contributed by atoms with Crippen molar-refractivity contribution in [1.29, 1.82) is 0 Å². The number of nitrogens with zero attached hydrogens (tertiary/aromatic N) is 1. The zero-order valence-corrected chi connectivity index (χ0v) is 21.5. The van der Waals surface area contributed by atoms with Gasteiger partial charge in [0, 0.05) is 44.2 Å². The lowest BCUT2D eigenvalue weighted by Gasteiger charge is -2.25. The molecular formula is C29H34F2N4O3. The van der Waals surface area contributed by atoms with Crippen LogP contribution in [-0.2, 0) is 33.7 Å². The number of nitrogens with two attached hydrogens (primary N) is 1. The van der Waals surface area contributed by atoms with Crippen molar-refractivity contribution < 1.29 is 23.1 Å². The SMILES string of the molecule is CCc1cccc(CNC[C@@H](OC(=O)CCCC(=O)Nc2cccnc2)[C@@H](N)Cc2cc(F)cc(F)c2)c1. The average molecular weight is 525 g/mol. The number of esters is 1. The second kappa shape index (κ2) is 14.9. The number of halogens is 2. The van der Waals surface area contributed by atoms with Crippen molar-refractivity contribution in [3.05, 3.63) is 95.3 Å². The molecule has 0 fully saturated rings. The van der Waals surface area contributed by atoms with Crippen molar-refractivity contribution in [1.82, 2.24) is 10.3 Å². The van der Waals surface area contributed by atoms with Crippen LogP contribution in [0.25, 0.3) is 0 Å². The minimum Gasteiger partial charge on any atom is -0.459 e. The zero-order valence-electron chi connectivity index (χ0n) is 21.5. The lowest BCUT2D eigenvalue weighted by molar-refractivity contribution is -0.150. The van der Waals surface area contributed by atoms with E-state index in [1.807, 2.05) is 12.1 Å². The number of hydrogen-bond donors (Lipinski definition) is 3. The minimum atomic E-state index is -0.743. The maximum absolute atomic E-state index is 13.7. The summed E-state index contributed by atoms with van der Waals surface area (Å²) in [4.78, 5) is 28.7. The number of carbonyl (C=O) groups excluding carboxylic acids is 2. The molecule has 0 radical (unpaired) electrons. The molecule has 0 aliphatic rings. The highest BCUT2D eigenvalue weighted by Crippen LogP contribution is 2.14. The predicted molar refractivity (Wildman–Crippen MR) is 142 cm³/mol. The molecule has 4 N–H and O–H groups in total. The Morgan fingerprint density at radius 1 is 1.00 bits per heavy atom. The Morgan fingerprint density at radius 2 is 1.76 bits per heavy atom. The van der Waals surface area contributed by atoms with Gasteiger partial charge in [-0.1, -0.05) is 31.2 Å². The third-order valence-corrected chi connectivity index (χ3v) is 5.96. The van der Waals surface area contributed by atoms with Crippen molar-refractivity contribution in [3.63, 3.8) is 0 Å². The standard InChI is InChI=1S/C29H34F2N4O3/c1-2-20-6-3-7-21(12-20)17-34-19-27(26(32)15-22-13-23(30)16-24(31)14-22)38-29(37)10-4-9-28(36)35-25-8-5-11-33-18-25/h3,5-8,11-14,16,18,26-27,34H,2,4,9-10,15,17,19,32H2,1H3,(H,35,36)/t26-,27+/m0/s1. The highest BCUT2D eigenvalue weighted by Gasteiger charge is 2.23. The Kier molecular flexibility index (Phi) is 11.3. The van der Waals surface area contributed by atoms with Crippen LogP contribution in [0.5, 0.6) is 0 Å². The van der Waals surface area contributed by atoms with Gasteiger partial charge in [0.1, 0.15) is 17.7 Å². The van der Waals surface area contributed by atoms with Gasteiger partial charge in [-0.15, -0.1) is 0 Å². The van der Waals surface area contributed by atoms with Crippen LogP contribution in [0.2, 0.25) is 0 Å². The highest BCUT2D eigenvalue weighted by molar-refractivity contribution is 5.90. The Labute approximate surface area is 221 Å². The molecule has 0 spiro atoms. The van der Waals surface area contributed by atoms with Crippen LogP contribution in [-0.4, -0.2) is 35.6 Å². The summed E-state index contributed by atoms with van der Waals surface area (Å²) in [5.74, 6) is -2.12. The van der Waals surface area contributed by atoms with Gasteiger partial charge in [-0.2, -0.15) is 0 Å². The van der Waals surface area contributed by atoms with Gasteiger partial charge in [0.15, 0.2) is 0 Å². The van der Waals surface area contributed by atoms with Crippen LogP contribution in [0.4, 0.5) is 14.5 Å². The van der Waals surface area contributed by atoms with Crippen molar-refractivity contribution in [2.75, 3.05) is 11.9 Å². The second-order valence-electron chi connectivity index (χ2n) is 9.12. The molecule has 2 aromatic carbocycles. The molecule has 1 heterocycles. The van der Waals surface area contributed by atoms with E-state index in [9.17, 15) is 18.4 Å². The molecule has 1 aromatic heterocycles. The molecule has 0 aliphatic heterocycles. The summed E-state index contributed by atoms with van der Waals surface area (Å²) in [6.07, 6.45) is 3.89. The summed E-state index contributed by atoms with van der Waals surface area (Å²) in [5, 5.41) is 5.99. The van der Waals surface area contributed by atoms with Crippen LogP contribution >= 0.6 is 0 Å². The van der Waals surface area contributed by atoms with Crippen molar-refractivity contribution in [3.8, 4) is 0 Å². The maximum atomic E-state index is 13.7. The lowest BCUT2D eigenvalue weighted by Crippen LogP contribution is -2.46. The van der Waals surface area contributed by atoms with Crippen LogP contribution in [0, 0.1) is 11.6 Å². The Bertz CT molecular complexity index is 1170. The number of aromatic nitrogens is 1. The number of benzene rings is 2. The maximum Gasteiger partial charge on any atom is 0.306 e. The number of ether oxygens (including phenoxy) is 1. The molecule has 9 heteroatoms. The van der Waals surface area contributed by atoms with Gasteiger partial charge in [0.05, 0.1) is 11.9 Å². The molecule has 38 heavy (non-hydrogen) atoms. The molecule has 1 amide bonds. The third-order valence-electron chi connectivity index (χ3n) is 5.96. The minimum absolute atomic E-state index is 0.0246. The van der Waals surface area contributed by atoms with Crippen molar-refractivity contribution >= 4 is 17.6 Å². The average Bonchev–Trinajstić information content (AvgIpc) is 2.88.